The molecule has 2 aromatic rings. The van der Waals surface area contributed by atoms with E-state index in [0.29, 0.717) is 13.1 Å². The topological polar surface area (TPSA) is 60.9 Å². The quantitative estimate of drug-likeness (QED) is 0.742. The van der Waals surface area contributed by atoms with E-state index in [1.54, 1.807) is 4.90 Å². The van der Waals surface area contributed by atoms with Crippen molar-refractivity contribution in [3.63, 3.8) is 0 Å². The molecule has 160 valence electrons. The minimum Gasteiger partial charge on any atom is -0.325 e. The van der Waals surface area contributed by atoms with Crippen molar-refractivity contribution in [3.8, 4) is 0 Å². The van der Waals surface area contributed by atoms with Crippen LogP contribution in [0.1, 0.15) is 37.9 Å². The number of carbonyl (C=O) groups excluding carboxylic acids is 1. The number of sulfonamides is 1. The molecule has 6 nitrogen and oxygen atoms in total. The molecule has 2 fully saturated rings. The van der Waals surface area contributed by atoms with E-state index in [1.165, 1.54) is 16.4 Å². The van der Waals surface area contributed by atoms with Gasteiger partial charge in [0.1, 0.15) is 12.0 Å². The number of urea groups is 1. The lowest BCUT2D eigenvalue weighted by Crippen LogP contribution is -2.48. The lowest BCUT2D eigenvalue weighted by Gasteiger charge is -2.37. The highest BCUT2D eigenvalue weighted by Gasteiger charge is 2.48. The second kappa shape index (κ2) is 8.35. The average Bonchev–Trinajstić information content (AvgIpc) is 3.12. The zero-order chi connectivity index (χ0) is 21.3. The predicted molar refractivity (Wildman–Crippen MR) is 112 cm³/mol. The first-order valence-electron chi connectivity index (χ1n) is 10.3. The summed E-state index contributed by atoms with van der Waals surface area (Å²) < 4.78 is 41.7. The molecular weight excluding hydrogens is 405 g/mol. The van der Waals surface area contributed by atoms with Gasteiger partial charge in [-0.25, -0.2) is 17.6 Å². The fourth-order valence-electron chi connectivity index (χ4n) is 4.29. The molecule has 0 saturated carbocycles. The van der Waals surface area contributed by atoms with Crippen LogP contribution in [0.4, 0.5) is 9.18 Å². The Morgan fingerprint density at radius 2 is 1.60 bits per heavy atom. The van der Waals surface area contributed by atoms with Crippen molar-refractivity contribution in [1.82, 2.24) is 14.1 Å². The van der Waals surface area contributed by atoms with Gasteiger partial charge < -0.3 is 4.90 Å². The SMILES string of the molecule is CC1CN(S(=O)(=O)c2ccc(F)cc2)C(c2ccccc2)N1C(=O)N1CCCCC1. The van der Waals surface area contributed by atoms with E-state index in [2.05, 4.69) is 0 Å². The van der Waals surface area contributed by atoms with Gasteiger partial charge in [-0.2, -0.15) is 4.31 Å². The minimum atomic E-state index is -3.93. The molecular formula is C22H26FN3O3S. The van der Waals surface area contributed by atoms with Gasteiger partial charge in [0.05, 0.1) is 4.90 Å². The molecule has 0 N–H and O–H groups in total. The van der Waals surface area contributed by atoms with Crippen LogP contribution in [0.15, 0.2) is 59.5 Å². The molecule has 0 spiro atoms. The van der Waals surface area contributed by atoms with E-state index in [0.717, 1.165) is 37.0 Å². The zero-order valence-electron chi connectivity index (χ0n) is 16.9. The Morgan fingerprint density at radius 3 is 2.23 bits per heavy atom. The Kier molecular flexibility index (Phi) is 5.79. The number of rotatable bonds is 3. The van der Waals surface area contributed by atoms with Crippen molar-refractivity contribution in [1.29, 1.82) is 0 Å². The summed E-state index contributed by atoms with van der Waals surface area (Å²) in [5, 5.41) is 0. The highest BCUT2D eigenvalue weighted by molar-refractivity contribution is 7.89. The molecule has 2 atom stereocenters. The second-order valence-electron chi connectivity index (χ2n) is 7.90. The monoisotopic (exact) mass is 431 g/mol. The standard InChI is InChI=1S/C22H26FN3O3S/c1-17-16-25(30(28,29)20-12-10-19(23)11-13-20)21(18-8-4-2-5-9-18)26(17)22(27)24-14-6-3-7-15-24/h2,4-5,8-13,17,21H,3,6-7,14-16H2,1H3. The number of amides is 2. The Bertz CT molecular complexity index is 992. The Labute approximate surface area is 176 Å². The number of nitrogens with zero attached hydrogens (tertiary/aromatic N) is 3. The van der Waals surface area contributed by atoms with Gasteiger partial charge in [0, 0.05) is 25.7 Å². The van der Waals surface area contributed by atoms with Crippen LogP contribution >= 0.6 is 0 Å². The molecule has 30 heavy (non-hydrogen) atoms. The molecule has 2 unspecified atom stereocenters. The summed E-state index contributed by atoms with van der Waals surface area (Å²) in [5.41, 5.74) is 0.734. The van der Waals surface area contributed by atoms with Crippen molar-refractivity contribution >= 4 is 16.1 Å². The summed E-state index contributed by atoms with van der Waals surface area (Å²) in [6.07, 6.45) is 2.28. The molecule has 2 aliphatic rings. The molecule has 2 heterocycles. The largest absolute Gasteiger partial charge is 0.325 e. The molecule has 2 aromatic carbocycles. The van der Waals surface area contributed by atoms with Crippen molar-refractivity contribution < 1.29 is 17.6 Å². The van der Waals surface area contributed by atoms with Crippen LogP contribution in [0.3, 0.4) is 0 Å². The summed E-state index contributed by atoms with van der Waals surface area (Å²) in [5.74, 6) is -0.495. The van der Waals surface area contributed by atoms with Gasteiger partial charge in [-0.3, -0.25) is 4.90 Å². The summed E-state index contributed by atoms with van der Waals surface area (Å²) in [6.45, 7) is 3.43. The first-order valence-corrected chi connectivity index (χ1v) is 11.7. The van der Waals surface area contributed by atoms with Gasteiger partial charge >= 0.3 is 6.03 Å². The van der Waals surface area contributed by atoms with Gasteiger partial charge in [-0.15, -0.1) is 0 Å². The van der Waals surface area contributed by atoms with Crippen LogP contribution in [0, 0.1) is 5.82 Å². The van der Waals surface area contributed by atoms with Crippen LogP contribution in [-0.2, 0) is 10.0 Å². The number of piperidine rings is 1. The molecule has 2 aliphatic heterocycles. The van der Waals surface area contributed by atoms with Crippen molar-refractivity contribution in [2.45, 2.75) is 43.3 Å². The molecule has 2 saturated heterocycles. The highest BCUT2D eigenvalue weighted by atomic mass is 32.2. The number of benzene rings is 2. The van der Waals surface area contributed by atoms with E-state index >= 15 is 0 Å². The lowest BCUT2D eigenvalue weighted by molar-refractivity contribution is 0.116. The molecule has 8 heteroatoms. The van der Waals surface area contributed by atoms with Gasteiger partial charge in [0.2, 0.25) is 10.0 Å². The fourth-order valence-corrected chi connectivity index (χ4v) is 5.94. The Hall–Kier alpha value is -2.45. The summed E-state index contributed by atoms with van der Waals surface area (Å²) in [6, 6.07) is 13.6. The summed E-state index contributed by atoms with van der Waals surface area (Å²) >= 11 is 0. The Morgan fingerprint density at radius 1 is 0.967 bits per heavy atom. The van der Waals surface area contributed by atoms with Crippen LogP contribution in [0.2, 0.25) is 0 Å². The maximum Gasteiger partial charge on any atom is 0.321 e. The highest BCUT2D eigenvalue weighted by Crippen LogP contribution is 2.38. The van der Waals surface area contributed by atoms with Gasteiger partial charge in [0.25, 0.3) is 0 Å². The van der Waals surface area contributed by atoms with Crippen molar-refractivity contribution in [2.75, 3.05) is 19.6 Å². The van der Waals surface area contributed by atoms with Gasteiger partial charge in [0.15, 0.2) is 0 Å². The van der Waals surface area contributed by atoms with E-state index in [1.807, 2.05) is 42.2 Å². The number of likely N-dealkylation sites (tertiary alicyclic amines) is 1. The third-order valence-electron chi connectivity index (χ3n) is 5.82. The van der Waals surface area contributed by atoms with Crippen LogP contribution in [0.25, 0.3) is 0 Å². The Balaban J connectivity index is 1.75. The van der Waals surface area contributed by atoms with E-state index in [4.69, 9.17) is 0 Å². The minimum absolute atomic E-state index is 0.0179. The third-order valence-corrected chi connectivity index (χ3v) is 7.65. The number of halogens is 1. The van der Waals surface area contributed by atoms with Crippen LogP contribution < -0.4 is 0 Å². The average molecular weight is 432 g/mol. The van der Waals surface area contributed by atoms with E-state index in [9.17, 15) is 17.6 Å². The maximum atomic E-state index is 13.5. The van der Waals surface area contributed by atoms with Gasteiger partial charge in [-0.05, 0) is 56.0 Å². The van der Waals surface area contributed by atoms with E-state index < -0.39 is 22.0 Å². The summed E-state index contributed by atoms with van der Waals surface area (Å²) in [4.78, 5) is 17.0. The first kappa shape index (κ1) is 20.8. The molecule has 0 radical (unpaired) electrons. The number of carbonyl (C=O) groups is 1. The van der Waals surface area contributed by atoms with Crippen LogP contribution in [-0.4, -0.2) is 54.2 Å². The number of hydrogen-bond donors (Lipinski definition) is 0. The normalized spacial score (nSPS) is 23.0. The zero-order valence-corrected chi connectivity index (χ0v) is 17.8. The van der Waals surface area contributed by atoms with Crippen LogP contribution in [0.5, 0.6) is 0 Å². The molecule has 0 bridgehead atoms. The van der Waals surface area contributed by atoms with Crippen molar-refractivity contribution in [2.24, 2.45) is 0 Å². The maximum absolute atomic E-state index is 13.5. The molecule has 4 rings (SSSR count). The predicted octanol–water partition coefficient (Wildman–Crippen LogP) is 3.83. The van der Waals surface area contributed by atoms with E-state index in [-0.39, 0.29) is 23.5 Å². The lowest BCUT2D eigenvalue weighted by atomic mass is 10.1. The number of hydrogen-bond acceptors (Lipinski definition) is 3. The first-order chi connectivity index (χ1) is 14.4. The molecule has 2 amide bonds. The van der Waals surface area contributed by atoms with Crippen molar-refractivity contribution in [3.05, 3.63) is 66.0 Å². The van der Waals surface area contributed by atoms with Gasteiger partial charge in [-0.1, -0.05) is 30.3 Å². The molecule has 0 aliphatic carbocycles. The summed E-state index contributed by atoms with van der Waals surface area (Å²) in [7, 11) is -3.93. The third kappa shape index (κ3) is 3.81. The fraction of sp³-hybridized carbons (Fsp3) is 0.409. The molecule has 0 aromatic heterocycles. The second-order valence-corrected chi connectivity index (χ2v) is 9.79. The smallest absolute Gasteiger partial charge is 0.321 e.